The molecule has 0 spiro atoms. The highest BCUT2D eigenvalue weighted by Crippen LogP contribution is 2.35. The van der Waals surface area contributed by atoms with Gasteiger partial charge in [-0.05, 0) is 182 Å². The fraction of sp³-hybridized carbons (Fsp3) is 0.375. The molecule has 6 rings (SSSR count). The van der Waals surface area contributed by atoms with Crippen LogP contribution in [0.2, 0.25) is 0 Å². The van der Waals surface area contributed by atoms with Gasteiger partial charge in [0.15, 0.2) is 0 Å². The number of allylic oxidation sites excluding steroid dienone is 6. The zero-order chi connectivity index (χ0) is 52.0. The van der Waals surface area contributed by atoms with Gasteiger partial charge in [0.2, 0.25) is 11.8 Å². The molecule has 0 aliphatic rings. The van der Waals surface area contributed by atoms with E-state index in [1.807, 2.05) is 60.9 Å². The number of carbonyl (C=O) groups excluding carboxylic acids is 2. The number of fused-ring (bicyclic) bond motifs is 2. The summed E-state index contributed by atoms with van der Waals surface area (Å²) in [6.45, 7) is 8.55. The summed E-state index contributed by atoms with van der Waals surface area (Å²) < 4.78 is 16.6. The van der Waals surface area contributed by atoms with Crippen molar-refractivity contribution < 1.29 is 23.8 Å². The molecule has 0 radical (unpaired) electrons. The largest absolute Gasteiger partial charge is 0.497 e. The first-order valence-electron chi connectivity index (χ1n) is 26.5. The zero-order valence-corrected chi connectivity index (χ0v) is 44.6. The monoisotopic (exact) mass is 985 g/mol. The first kappa shape index (κ1) is 56.9. The number of nitrogens with one attached hydrogen (secondary N) is 2. The summed E-state index contributed by atoms with van der Waals surface area (Å²) in [7, 11) is 5.08. The lowest BCUT2D eigenvalue weighted by atomic mass is 9.94. The number of pyridine rings is 2. The zero-order valence-electron chi connectivity index (χ0n) is 44.6. The highest BCUT2D eigenvalue weighted by atomic mass is 16.5. The molecule has 0 bridgehead atoms. The third kappa shape index (κ3) is 19.9. The summed E-state index contributed by atoms with van der Waals surface area (Å²) in [5.74, 6) is 2.38. The van der Waals surface area contributed by atoms with Crippen LogP contribution in [0.25, 0.3) is 32.7 Å². The second-order valence-corrected chi connectivity index (χ2v) is 18.9. The Labute approximate surface area is 436 Å². The van der Waals surface area contributed by atoms with Crippen molar-refractivity contribution in [3.63, 3.8) is 0 Å². The van der Waals surface area contributed by atoms with Crippen LogP contribution in [0.3, 0.4) is 0 Å². The van der Waals surface area contributed by atoms with E-state index >= 15 is 0 Å². The summed E-state index contributed by atoms with van der Waals surface area (Å²) in [5.41, 5.74) is 7.20. The van der Waals surface area contributed by atoms with Crippen LogP contribution in [0.4, 0.5) is 0 Å². The Bertz CT molecular complexity index is 2730. The highest BCUT2D eigenvalue weighted by molar-refractivity contribution is 5.96. The van der Waals surface area contributed by atoms with Crippen LogP contribution in [0.5, 0.6) is 17.2 Å². The third-order valence-electron chi connectivity index (χ3n) is 13.0. The molecule has 2 aromatic heterocycles. The highest BCUT2D eigenvalue weighted by Gasteiger charge is 2.12. The maximum Gasteiger partial charge on any atom is 0.244 e. The molecule has 0 saturated heterocycles. The van der Waals surface area contributed by atoms with E-state index < -0.39 is 0 Å². The molecule has 9 nitrogen and oxygen atoms in total. The molecular formula is C64H80N4O5. The van der Waals surface area contributed by atoms with Crippen LogP contribution < -0.4 is 24.8 Å². The Kier molecular flexibility index (Phi) is 25.1. The molecule has 0 unspecified atom stereocenters. The van der Waals surface area contributed by atoms with E-state index in [1.54, 1.807) is 45.9 Å². The van der Waals surface area contributed by atoms with Gasteiger partial charge in [0, 0.05) is 54.4 Å². The number of benzene rings is 4. The van der Waals surface area contributed by atoms with Gasteiger partial charge in [-0.1, -0.05) is 107 Å². The predicted molar refractivity (Wildman–Crippen MR) is 304 cm³/mol. The van der Waals surface area contributed by atoms with Crippen LogP contribution in [0.15, 0.2) is 152 Å². The topological polar surface area (TPSA) is 112 Å². The quantitative estimate of drug-likeness (QED) is 0.0286. The molecule has 0 aliphatic heterocycles. The summed E-state index contributed by atoms with van der Waals surface area (Å²) in [6, 6.07) is 31.2. The van der Waals surface area contributed by atoms with Crippen molar-refractivity contribution >= 4 is 44.5 Å². The number of aryl methyl sites for hydroxylation is 2. The lowest BCUT2D eigenvalue weighted by molar-refractivity contribution is -0.117. The smallest absolute Gasteiger partial charge is 0.244 e. The Morgan fingerprint density at radius 3 is 1.73 bits per heavy atom. The number of amides is 2. The van der Waals surface area contributed by atoms with Crippen LogP contribution in [0, 0.1) is 0 Å². The van der Waals surface area contributed by atoms with E-state index in [2.05, 4.69) is 115 Å². The van der Waals surface area contributed by atoms with Crippen molar-refractivity contribution in [2.24, 2.45) is 0 Å². The van der Waals surface area contributed by atoms with Crippen molar-refractivity contribution in [1.82, 2.24) is 20.6 Å². The van der Waals surface area contributed by atoms with Crippen molar-refractivity contribution in [3.8, 4) is 17.2 Å². The molecule has 386 valence electrons. The maximum absolute atomic E-state index is 12.5. The van der Waals surface area contributed by atoms with Gasteiger partial charge in [0.05, 0.1) is 21.3 Å². The maximum atomic E-state index is 12.5. The number of hydrogen-bond acceptors (Lipinski definition) is 7. The number of nitrogens with zero attached hydrogens (tertiary/aromatic N) is 2. The number of methoxy groups -OCH3 is 3. The molecule has 4 aromatic carbocycles. The first-order valence-corrected chi connectivity index (χ1v) is 26.5. The molecule has 0 fully saturated rings. The Balaban J connectivity index is 0.000000271. The fourth-order valence-electron chi connectivity index (χ4n) is 8.94. The predicted octanol–water partition coefficient (Wildman–Crippen LogP) is 15.0. The molecule has 6 aromatic rings. The van der Waals surface area contributed by atoms with Gasteiger partial charge in [-0.2, -0.15) is 0 Å². The number of ether oxygens (including phenoxy) is 3. The summed E-state index contributed by atoms with van der Waals surface area (Å²) in [4.78, 5) is 33.4. The minimum absolute atomic E-state index is 0.0509. The normalized spacial score (nSPS) is 12.6. The van der Waals surface area contributed by atoms with Crippen molar-refractivity contribution in [3.05, 3.63) is 174 Å². The number of rotatable bonds is 28. The van der Waals surface area contributed by atoms with Crippen LogP contribution in [-0.2, 0) is 22.4 Å². The van der Waals surface area contributed by atoms with E-state index in [0.717, 1.165) is 111 Å². The summed E-state index contributed by atoms with van der Waals surface area (Å²) in [5, 5.41) is 10.7. The van der Waals surface area contributed by atoms with Gasteiger partial charge in [0.1, 0.15) is 17.2 Å². The molecule has 0 saturated carbocycles. The van der Waals surface area contributed by atoms with Crippen molar-refractivity contribution in [2.75, 3.05) is 21.3 Å². The fourth-order valence-corrected chi connectivity index (χ4v) is 8.94. The molecule has 2 heterocycles. The minimum Gasteiger partial charge on any atom is -0.497 e. The molecule has 9 heteroatoms. The molecular weight excluding hydrogens is 905 g/mol. The van der Waals surface area contributed by atoms with E-state index in [9.17, 15) is 9.59 Å². The number of hydrogen-bond donors (Lipinski definition) is 2. The van der Waals surface area contributed by atoms with Crippen molar-refractivity contribution in [1.29, 1.82) is 0 Å². The Morgan fingerprint density at radius 1 is 0.562 bits per heavy atom. The second kappa shape index (κ2) is 32.2. The molecule has 73 heavy (non-hydrogen) atoms. The summed E-state index contributed by atoms with van der Waals surface area (Å²) >= 11 is 0. The van der Waals surface area contributed by atoms with E-state index in [0.29, 0.717) is 0 Å². The van der Waals surface area contributed by atoms with E-state index in [4.69, 9.17) is 14.2 Å². The number of unbranched alkanes of at least 4 members (excludes halogenated alkanes) is 5. The molecule has 2 atom stereocenters. The number of aromatic nitrogens is 2. The summed E-state index contributed by atoms with van der Waals surface area (Å²) in [6.07, 6.45) is 34.5. The van der Waals surface area contributed by atoms with E-state index in [-0.39, 0.29) is 23.9 Å². The van der Waals surface area contributed by atoms with Crippen LogP contribution in [0.1, 0.15) is 133 Å². The lowest BCUT2D eigenvalue weighted by Crippen LogP contribution is -2.31. The second-order valence-electron chi connectivity index (χ2n) is 18.9. The first-order chi connectivity index (χ1) is 35.6. The van der Waals surface area contributed by atoms with Gasteiger partial charge in [-0.15, -0.1) is 0 Å². The van der Waals surface area contributed by atoms with E-state index in [1.165, 1.54) is 57.9 Å². The van der Waals surface area contributed by atoms with Gasteiger partial charge >= 0.3 is 0 Å². The molecule has 2 N–H and O–H groups in total. The minimum atomic E-state index is -0.0705. The Morgan fingerprint density at radius 2 is 1.14 bits per heavy atom. The molecule has 0 aliphatic carbocycles. The van der Waals surface area contributed by atoms with Crippen LogP contribution >= 0.6 is 0 Å². The SMILES string of the molecule is CCCCC/C(=C\C=C\C(=O)N[C@H](C)CCCc1cccnc1)c1cc(OC)c2ccc(OC)cc2c1.CCCCCC/C(=C\C=C\C(=O)N[C@H](C)CCCc1cccnc1)c1cccc2ccc(OC)cc12. The Hall–Kier alpha value is -7.00. The average molecular weight is 985 g/mol. The van der Waals surface area contributed by atoms with Crippen LogP contribution in [-0.4, -0.2) is 55.2 Å². The van der Waals surface area contributed by atoms with Gasteiger partial charge < -0.3 is 24.8 Å². The van der Waals surface area contributed by atoms with Crippen molar-refractivity contribution in [2.45, 2.75) is 136 Å². The van der Waals surface area contributed by atoms with Gasteiger partial charge in [0.25, 0.3) is 0 Å². The standard InChI is InChI=1S/C32H40N2O3.C32H40N2O2/c1-5-6-7-14-26(27-20-28-21-29(36-3)17-18-30(28)31(22-27)37-4)15-9-16-32(35)34-24(2)11-8-12-25-13-10-19-33-23-25;1-4-5-6-7-15-27(30-18-9-16-28-20-21-29(36-3)23-31(28)30)17-10-19-32(35)34-25(2)12-8-13-26-14-11-22-33-24-26/h9-10,13,15-24H,5-8,11-12,14H2,1-4H3,(H,34,35);9-11,14,16-25H,4-8,12-13,15H2,1-3H3,(H,34,35)/b16-9+,26-15+;19-10+,27-17+/t24-;25-/m11/s1. The third-order valence-corrected chi connectivity index (χ3v) is 13.0. The average Bonchev–Trinajstić information content (AvgIpc) is 3.41. The molecule has 2 amide bonds. The lowest BCUT2D eigenvalue weighted by Gasteiger charge is -2.13. The number of carbonyl (C=O) groups is 2. The van der Waals surface area contributed by atoms with Gasteiger partial charge in [-0.25, -0.2) is 0 Å². The van der Waals surface area contributed by atoms with Gasteiger partial charge in [-0.3, -0.25) is 19.6 Å².